The van der Waals surface area contributed by atoms with Crippen LogP contribution >= 0.6 is 15.9 Å². The summed E-state index contributed by atoms with van der Waals surface area (Å²) in [5.41, 5.74) is 2.96. The monoisotopic (exact) mass is 333 g/mol. The molecule has 3 nitrogen and oxygen atoms in total. The molecule has 2 amide bonds. The molecule has 0 saturated carbocycles. The van der Waals surface area contributed by atoms with Gasteiger partial charge in [0.05, 0.1) is 17.5 Å². The molecule has 2 aliphatic rings. The van der Waals surface area contributed by atoms with E-state index in [-0.39, 0.29) is 23.7 Å². The Hall–Kier alpha value is -1.42. The second kappa shape index (κ2) is 4.85. The zero-order valence-electron chi connectivity index (χ0n) is 11.5. The summed E-state index contributed by atoms with van der Waals surface area (Å²) in [7, 11) is 0. The van der Waals surface area contributed by atoms with E-state index in [4.69, 9.17) is 0 Å². The highest BCUT2D eigenvalue weighted by atomic mass is 79.9. The van der Waals surface area contributed by atoms with Gasteiger partial charge in [-0.25, -0.2) is 4.90 Å². The van der Waals surface area contributed by atoms with Gasteiger partial charge in [-0.3, -0.25) is 9.59 Å². The number of rotatable bonds is 1. The van der Waals surface area contributed by atoms with Crippen LogP contribution in [-0.4, -0.2) is 11.8 Å². The lowest BCUT2D eigenvalue weighted by molar-refractivity contribution is -0.122. The lowest BCUT2D eigenvalue weighted by Crippen LogP contribution is -2.31. The Morgan fingerprint density at radius 3 is 2.55 bits per heavy atom. The topological polar surface area (TPSA) is 37.4 Å². The molecule has 0 aromatic heterocycles. The van der Waals surface area contributed by atoms with Crippen LogP contribution in [-0.2, 0) is 9.59 Å². The van der Waals surface area contributed by atoms with Crippen molar-refractivity contribution in [3.05, 3.63) is 39.9 Å². The van der Waals surface area contributed by atoms with Crippen molar-refractivity contribution in [3.63, 3.8) is 0 Å². The minimum absolute atomic E-state index is 0.0583. The van der Waals surface area contributed by atoms with Crippen molar-refractivity contribution in [1.29, 1.82) is 0 Å². The maximum absolute atomic E-state index is 12.6. The van der Waals surface area contributed by atoms with E-state index in [0.29, 0.717) is 18.5 Å². The molecule has 1 saturated heterocycles. The molecule has 20 heavy (non-hydrogen) atoms. The highest BCUT2D eigenvalue weighted by molar-refractivity contribution is 9.10. The first-order valence-electron chi connectivity index (χ1n) is 6.78. The number of fused-ring (bicyclic) bond motifs is 1. The molecule has 2 unspecified atom stereocenters. The van der Waals surface area contributed by atoms with E-state index in [1.807, 2.05) is 32.0 Å². The molecule has 1 aromatic carbocycles. The van der Waals surface area contributed by atoms with Crippen LogP contribution in [0.1, 0.15) is 25.3 Å². The first kappa shape index (κ1) is 13.6. The maximum atomic E-state index is 12.6. The van der Waals surface area contributed by atoms with E-state index in [1.165, 1.54) is 10.5 Å². The van der Waals surface area contributed by atoms with Gasteiger partial charge in [0.15, 0.2) is 0 Å². The second-order valence-corrected chi connectivity index (χ2v) is 6.52. The van der Waals surface area contributed by atoms with Gasteiger partial charge in [-0.05, 0) is 60.3 Å². The SMILES string of the molecule is CC1=CCC2C(=O)N(c3ccc(C)cc3Br)C(=O)C2C1. The van der Waals surface area contributed by atoms with E-state index >= 15 is 0 Å². The number of anilines is 1. The average Bonchev–Trinajstić information content (AvgIpc) is 2.63. The van der Waals surface area contributed by atoms with Gasteiger partial charge in [0.1, 0.15) is 0 Å². The summed E-state index contributed by atoms with van der Waals surface area (Å²) in [6, 6.07) is 5.69. The lowest BCUT2D eigenvalue weighted by Gasteiger charge is -2.18. The van der Waals surface area contributed by atoms with Crippen LogP contribution in [0.4, 0.5) is 5.69 Å². The fourth-order valence-corrected chi connectivity index (χ4v) is 3.74. The van der Waals surface area contributed by atoms with Crippen LogP contribution < -0.4 is 4.90 Å². The van der Waals surface area contributed by atoms with Gasteiger partial charge in [-0.1, -0.05) is 17.7 Å². The molecule has 1 aliphatic heterocycles. The fourth-order valence-electron chi connectivity index (χ4n) is 3.07. The van der Waals surface area contributed by atoms with Crippen molar-refractivity contribution in [2.45, 2.75) is 26.7 Å². The van der Waals surface area contributed by atoms with Crippen molar-refractivity contribution in [2.75, 3.05) is 4.90 Å². The molecule has 1 heterocycles. The smallest absolute Gasteiger partial charge is 0.238 e. The first-order chi connectivity index (χ1) is 9.49. The van der Waals surface area contributed by atoms with E-state index in [2.05, 4.69) is 22.0 Å². The van der Waals surface area contributed by atoms with Crippen LogP contribution in [0.15, 0.2) is 34.3 Å². The molecule has 0 bridgehead atoms. The van der Waals surface area contributed by atoms with Gasteiger partial charge in [0.25, 0.3) is 0 Å². The van der Waals surface area contributed by atoms with Crippen molar-refractivity contribution >= 4 is 33.4 Å². The number of aryl methyl sites for hydroxylation is 1. The minimum atomic E-state index is -0.181. The standard InChI is InChI=1S/C16H16BrNO2/c1-9-3-5-11-12(7-9)16(20)18(15(11)19)14-6-4-10(2)8-13(14)17/h3-4,6,8,11-12H,5,7H2,1-2H3. The van der Waals surface area contributed by atoms with Gasteiger partial charge in [-0.2, -0.15) is 0 Å². The maximum Gasteiger partial charge on any atom is 0.238 e. The van der Waals surface area contributed by atoms with Gasteiger partial charge >= 0.3 is 0 Å². The number of allylic oxidation sites excluding steroid dienone is 2. The molecule has 104 valence electrons. The van der Waals surface area contributed by atoms with Crippen LogP contribution in [0.5, 0.6) is 0 Å². The van der Waals surface area contributed by atoms with E-state index < -0.39 is 0 Å². The Morgan fingerprint density at radius 1 is 1.15 bits per heavy atom. The zero-order valence-corrected chi connectivity index (χ0v) is 13.1. The highest BCUT2D eigenvalue weighted by Gasteiger charge is 2.48. The number of hydrogen-bond donors (Lipinski definition) is 0. The molecule has 1 aliphatic carbocycles. The first-order valence-corrected chi connectivity index (χ1v) is 7.58. The Balaban J connectivity index is 2.00. The Bertz CT molecular complexity index is 635. The van der Waals surface area contributed by atoms with Crippen LogP contribution in [0.2, 0.25) is 0 Å². The molecule has 4 heteroatoms. The summed E-state index contributed by atoms with van der Waals surface area (Å²) < 4.78 is 0.794. The zero-order chi connectivity index (χ0) is 14.4. The van der Waals surface area contributed by atoms with Crippen molar-refractivity contribution < 1.29 is 9.59 Å². The van der Waals surface area contributed by atoms with Crippen LogP contribution in [0.3, 0.4) is 0 Å². The van der Waals surface area contributed by atoms with Crippen molar-refractivity contribution in [1.82, 2.24) is 0 Å². The lowest BCUT2D eigenvalue weighted by atomic mass is 9.82. The summed E-state index contributed by atoms with van der Waals surface area (Å²) >= 11 is 3.46. The quantitative estimate of drug-likeness (QED) is 0.581. The summed E-state index contributed by atoms with van der Waals surface area (Å²) in [6.45, 7) is 4.01. The van der Waals surface area contributed by atoms with Crippen LogP contribution in [0, 0.1) is 18.8 Å². The van der Waals surface area contributed by atoms with E-state index in [9.17, 15) is 9.59 Å². The number of imide groups is 1. The third-order valence-electron chi connectivity index (χ3n) is 4.17. The highest BCUT2D eigenvalue weighted by Crippen LogP contribution is 2.41. The largest absolute Gasteiger partial charge is 0.274 e. The average molecular weight is 334 g/mol. The van der Waals surface area contributed by atoms with Crippen molar-refractivity contribution in [2.24, 2.45) is 11.8 Å². The Labute approximate surface area is 126 Å². The minimum Gasteiger partial charge on any atom is -0.274 e. The number of halogens is 1. The summed E-state index contributed by atoms with van der Waals surface area (Å²) in [6.07, 6.45) is 3.47. The molecule has 1 aromatic rings. The Morgan fingerprint density at radius 2 is 1.85 bits per heavy atom. The predicted molar refractivity (Wildman–Crippen MR) is 81.3 cm³/mol. The molecule has 0 spiro atoms. The molecular weight excluding hydrogens is 318 g/mol. The number of benzene rings is 1. The molecular formula is C16H16BrNO2. The predicted octanol–water partition coefficient (Wildman–Crippen LogP) is 3.60. The van der Waals surface area contributed by atoms with Gasteiger partial charge in [0, 0.05) is 4.47 Å². The third-order valence-corrected chi connectivity index (χ3v) is 4.80. The number of nitrogens with zero attached hydrogens (tertiary/aromatic N) is 1. The molecule has 2 atom stereocenters. The number of carbonyl (C=O) groups is 2. The summed E-state index contributed by atoms with van der Waals surface area (Å²) in [4.78, 5) is 26.5. The number of amides is 2. The third kappa shape index (κ3) is 2.03. The number of carbonyl (C=O) groups excluding carboxylic acids is 2. The van der Waals surface area contributed by atoms with Gasteiger partial charge in [-0.15, -0.1) is 0 Å². The van der Waals surface area contributed by atoms with Gasteiger partial charge in [0.2, 0.25) is 11.8 Å². The summed E-state index contributed by atoms with van der Waals surface area (Å²) in [5.74, 6) is -0.481. The normalized spacial score (nSPS) is 25.8. The molecule has 1 fully saturated rings. The van der Waals surface area contributed by atoms with E-state index in [0.717, 1.165) is 10.0 Å². The molecule has 0 radical (unpaired) electrons. The van der Waals surface area contributed by atoms with Crippen molar-refractivity contribution in [3.8, 4) is 0 Å². The molecule has 0 N–H and O–H groups in total. The Kier molecular flexibility index (Phi) is 3.28. The summed E-state index contributed by atoms with van der Waals surface area (Å²) in [5, 5.41) is 0. The fraction of sp³-hybridized carbons (Fsp3) is 0.375. The second-order valence-electron chi connectivity index (χ2n) is 5.67. The number of hydrogen-bond acceptors (Lipinski definition) is 2. The molecule has 3 rings (SSSR count). The van der Waals surface area contributed by atoms with Gasteiger partial charge < -0.3 is 0 Å². The van der Waals surface area contributed by atoms with E-state index in [1.54, 1.807) is 0 Å². The van der Waals surface area contributed by atoms with Crippen LogP contribution in [0.25, 0.3) is 0 Å².